The average Bonchev–Trinajstić information content (AvgIpc) is 1.40. The van der Waals surface area contributed by atoms with Gasteiger partial charge >= 0.3 is 0 Å². The molecule has 14 atom stereocenters. The minimum absolute atomic E-state index is 0.0382. The number of benzene rings is 6. The number of carbonyl (C=O) groups excluding carboxylic acids is 2. The van der Waals surface area contributed by atoms with Crippen LogP contribution in [0.1, 0.15) is 220 Å². The van der Waals surface area contributed by atoms with Crippen LogP contribution in [-0.4, -0.2) is 50.6 Å². The van der Waals surface area contributed by atoms with Crippen LogP contribution in [0.15, 0.2) is 193 Å². The molecule has 0 heterocycles. The van der Waals surface area contributed by atoms with Crippen molar-refractivity contribution in [2.45, 2.75) is 246 Å². The highest BCUT2D eigenvalue weighted by molar-refractivity contribution is 7.00. The molecule has 0 radical (unpaired) electrons. The van der Waals surface area contributed by atoms with Gasteiger partial charge in [-0.2, -0.15) is 0 Å². The molecule has 0 bridgehead atoms. The first-order chi connectivity index (χ1) is 48.0. The molecule has 532 valence electrons. The molecule has 6 aromatic rings. The molecule has 100 heavy (non-hydrogen) atoms. The summed E-state index contributed by atoms with van der Waals surface area (Å²) in [6, 6.07) is 62.1. The molecular weight excluding hydrogens is 1260 g/mol. The van der Waals surface area contributed by atoms with E-state index in [2.05, 4.69) is 238 Å². The van der Waals surface area contributed by atoms with Crippen LogP contribution in [0.2, 0.25) is 10.1 Å². The molecule has 6 aromatic carbocycles. The van der Waals surface area contributed by atoms with Crippen LogP contribution in [0.3, 0.4) is 0 Å². The van der Waals surface area contributed by atoms with Crippen molar-refractivity contribution < 1.29 is 28.7 Å². The number of hydrogen-bond acceptors (Lipinski definition) is 6. The fraction of sp³-hybridized carbons (Fsp3) is 0.543. The SMILES string of the molecule is CC(=O)[C@H]1CC[C@H]2[C@@H]3CCC4=CC(=O)CC[C@@]4(C)[C@@H]3CC[C@]12CCCc1ccc(CO[Si](c2ccccc2)(c2ccccc2)C(C)(C)C)cc1.CC(O)[C@H]1CC[C@H]2[C@@H]3CCC4=CC(O)CC[C@@]4(C)[C@@H]3CC[C@]12CCCc1ccc(CO[Si](c2ccccc2)(c2ccccc2)C(C)(C)C)cc1. The predicted octanol–water partition coefficient (Wildman–Crippen LogP) is 19.2. The summed E-state index contributed by atoms with van der Waals surface area (Å²) in [7, 11) is -5.17. The van der Waals surface area contributed by atoms with Gasteiger partial charge in [0.1, 0.15) is 5.78 Å². The summed E-state index contributed by atoms with van der Waals surface area (Å²) >= 11 is 0. The van der Waals surface area contributed by atoms with E-state index in [1.54, 1.807) is 5.57 Å². The van der Waals surface area contributed by atoms with Crippen molar-refractivity contribution in [1.82, 2.24) is 0 Å². The molecule has 0 aromatic heterocycles. The quantitative estimate of drug-likeness (QED) is 0.0584. The van der Waals surface area contributed by atoms with Gasteiger partial charge in [0.25, 0.3) is 16.6 Å². The van der Waals surface area contributed by atoms with Gasteiger partial charge in [-0.3, -0.25) is 9.59 Å². The summed E-state index contributed by atoms with van der Waals surface area (Å²) in [4.78, 5) is 25.5. The number of aliphatic hydroxyl groups is 2. The second-order valence-electron chi connectivity index (χ2n) is 35.6. The molecule has 8 aliphatic rings. The number of rotatable bonds is 20. The van der Waals surface area contributed by atoms with Crippen molar-refractivity contribution >= 4 is 48.9 Å². The van der Waals surface area contributed by atoms with E-state index in [1.807, 2.05) is 13.0 Å². The van der Waals surface area contributed by atoms with Crippen molar-refractivity contribution in [3.05, 3.63) is 215 Å². The number of Topliss-reactive ketones (excluding diaryl/α,β-unsaturated/α-hetero) is 1. The third-order valence-electron chi connectivity index (χ3n) is 28.6. The van der Waals surface area contributed by atoms with E-state index in [0.717, 1.165) is 82.0 Å². The van der Waals surface area contributed by atoms with Gasteiger partial charge in [0, 0.05) is 12.3 Å². The normalized spacial score (nSPS) is 30.6. The van der Waals surface area contributed by atoms with Crippen molar-refractivity contribution in [3.63, 3.8) is 0 Å². The van der Waals surface area contributed by atoms with E-state index in [9.17, 15) is 19.8 Å². The first-order valence-electron chi connectivity index (χ1n) is 39.4. The van der Waals surface area contributed by atoms with Gasteiger partial charge in [-0.1, -0.05) is 242 Å². The number of ketones is 2. The van der Waals surface area contributed by atoms with Crippen LogP contribution in [0.4, 0.5) is 0 Å². The zero-order valence-corrected chi connectivity index (χ0v) is 64.6. The Balaban J connectivity index is 0.000000179. The molecule has 14 rings (SSSR count). The second kappa shape index (κ2) is 29.5. The topological polar surface area (TPSA) is 93.1 Å². The van der Waals surface area contributed by atoms with Crippen LogP contribution in [0, 0.1) is 69.0 Å². The van der Waals surface area contributed by atoms with Gasteiger partial charge in [0.2, 0.25) is 0 Å². The molecule has 0 aliphatic heterocycles. The van der Waals surface area contributed by atoms with Crippen molar-refractivity contribution in [1.29, 1.82) is 0 Å². The Morgan fingerprint density at radius 3 is 1.35 bits per heavy atom. The summed E-state index contributed by atoms with van der Waals surface area (Å²) in [6.45, 7) is 24.2. The van der Waals surface area contributed by atoms with E-state index < -0.39 is 16.6 Å². The Morgan fingerprint density at radius 2 is 0.900 bits per heavy atom. The Bertz CT molecular complexity index is 3730. The molecule has 6 fully saturated rings. The highest BCUT2D eigenvalue weighted by atomic mass is 28.4. The van der Waals surface area contributed by atoms with Gasteiger partial charge < -0.3 is 19.1 Å². The molecule has 2 N–H and O–H groups in total. The van der Waals surface area contributed by atoms with E-state index in [0.29, 0.717) is 54.9 Å². The maximum absolute atomic E-state index is 13.2. The third-order valence-corrected chi connectivity index (χ3v) is 38.6. The summed E-state index contributed by atoms with van der Waals surface area (Å²) in [5.74, 6) is 5.62. The Kier molecular flexibility index (Phi) is 21.5. The number of allylic oxidation sites excluding steroid dienone is 2. The maximum Gasteiger partial charge on any atom is 0.261 e. The van der Waals surface area contributed by atoms with Gasteiger partial charge in [-0.15, -0.1) is 0 Å². The molecule has 6 saturated carbocycles. The fourth-order valence-electron chi connectivity index (χ4n) is 24.0. The smallest absolute Gasteiger partial charge is 0.261 e. The zero-order chi connectivity index (χ0) is 70.3. The zero-order valence-electron chi connectivity index (χ0n) is 62.6. The van der Waals surface area contributed by atoms with Crippen LogP contribution >= 0.6 is 0 Å². The lowest BCUT2D eigenvalue weighted by atomic mass is 9.45. The number of aliphatic hydroxyl groups excluding tert-OH is 2. The summed E-state index contributed by atoms with van der Waals surface area (Å²) in [5, 5.41) is 26.7. The summed E-state index contributed by atoms with van der Waals surface area (Å²) in [5.41, 5.74) is 9.09. The lowest BCUT2D eigenvalue weighted by Crippen LogP contribution is -2.66. The lowest BCUT2D eigenvalue weighted by molar-refractivity contribution is -0.130. The van der Waals surface area contributed by atoms with E-state index >= 15 is 0 Å². The van der Waals surface area contributed by atoms with Crippen LogP contribution in [-0.2, 0) is 44.5 Å². The average molecular weight is 1380 g/mol. The predicted molar refractivity (Wildman–Crippen MR) is 416 cm³/mol. The number of aryl methyl sites for hydroxylation is 2. The Morgan fingerprint density at radius 1 is 0.490 bits per heavy atom. The van der Waals surface area contributed by atoms with Crippen LogP contribution < -0.4 is 20.7 Å². The van der Waals surface area contributed by atoms with Crippen molar-refractivity contribution in [3.8, 4) is 0 Å². The van der Waals surface area contributed by atoms with Gasteiger partial charge in [0.05, 0.1) is 25.4 Å². The minimum Gasteiger partial charge on any atom is -0.403 e. The maximum atomic E-state index is 13.2. The monoisotopic (exact) mass is 1380 g/mol. The molecular formula is C92H120O6Si2. The highest BCUT2D eigenvalue weighted by Gasteiger charge is 2.63. The fourth-order valence-corrected chi connectivity index (χ4v) is 33.1. The second-order valence-corrected chi connectivity index (χ2v) is 44.2. The summed E-state index contributed by atoms with van der Waals surface area (Å²) in [6.07, 6.45) is 28.8. The molecule has 6 nitrogen and oxygen atoms in total. The third kappa shape index (κ3) is 13.6. The number of fused-ring (bicyclic) bond motifs is 10. The standard InChI is InChI=1S/C46H62O3Si.C46H58O3Si/c2*1-33(47)41-24-25-43-40-23-22-36-31-37(48)26-29-45(36,5)42(40)27-30-46(41,43)28-12-13-34-18-20-35(21-19-34)32-49-50(44(2,3)4,38-14-8-6-9-15-38)39-16-10-7-11-17-39/h6-11,14-21,31,33,37,40-43,47-48H,12-13,22-30,32H2,1-5H3;6-11,14-21,31,40-43H,12-13,22-30,32H2,1-5H3/t33?,37?,40-,41-,42-,43+,45-,46-;40-,41-,42-,43+,45-,46-/m11/s1. The minimum atomic E-state index is -2.59. The number of hydrogen-bond donors (Lipinski definition) is 2. The Labute approximate surface area is 604 Å². The first-order valence-corrected chi connectivity index (χ1v) is 43.2. The molecule has 0 spiro atoms. The highest BCUT2D eigenvalue weighted by Crippen LogP contribution is 2.70. The van der Waals surface area contributed by atoms with Gasteiger partial charge in [-0.25, -0.2) is 0 Å². The molecule has 8 heteroatoms. The summed E-state index contributed by atoms with van der Waals surface area (Å²) < 4.78 is 14.4. The van der Waals surface area contributed by atoms with Gasteiger partial charge in [-0.05, 0) is 271 Å². The van der Waals surface area contributed by atoms with Crippen LogP contribution in [0.5, 0.6) is 0 Å². The largest absolute Gasteiger partial charge is 0.403 e. The lowest BCUT2D eigenvalue weighted by Gasteiger charge is -2.59. The molecule has 8 aliphatic carbocycles. The first kappa shape index (κ1) is 72.8. The van der Waals surface area contributed by atoms with Gasteiger partial charge in [0.15, 0.2) is 5.78 Å². The molecule has 2 unspecified atom stereocenters. The Hall–Kier alpha value is -5.59. The van der Waals surface area contributed by atoms with E-state index in [1.165, 1.54) is 119 Å². The number of carbonyl (C=O) groups is 2. The van der Waals surface area contributed by atoms with Crippen molar-refractivity contribution in [2.75, 3.05) is 0 Å². The molecule has 0 saturated heterocycles. The van der Waals surface area contributed by atoms with E-state index in [-0.39, 0.29) is 49.9 Å². The van der Waals surface area contributed by atoms with E-state index in [4.69, 9.17) is 8.85 Å². The van der Waals surface area contributed by atoms with Crippen molar-refractivity contribution in [2.24, 2.45) is 69.0 Å². The molecule has 0 amide bonds. The van der Waals surface area contributed by atoms with Crippen LogP contribution in [0.25, 0.3) is 0 Å².